The van der Waals surface area contributed by atoms with Crippen LogP contribution in [0.2, 0.25) is 0 Å². The van der Waals surface area contributed by atoms with Crippen molar-refractivity contribution in [1.29, 1.82) is 0 Å². The molecule has 2 rings (SSSR count). The second-order valence-corrected chi connectivity index (χ2v) is 6.27. The average molecular weight is 280 g/mol. The molecule has 1 aliphatic carbocycles. The molecule has 1 aliphatic rings. The van der Waals surface area contributed by atoms with Crippen LogP contribution in [0.5, 0.6) is 5.75 Å². The summed E-state index contributed by atoms with van der Waals surface area (Å²) in [5.41, 5.74) is 1.04. The van der Waals surface area contributed by atoms with E-state index in [0.29, 0.717) is 0 Å². The summed E-state index contributed by atoms with van der Waals surface area (Å²) in [5.74, 6) is 1.96. The van der Waals surface area contributed by atoms with Crippen molar-refractivity contribution in [1.82, 2.24) is 10.3 Å². The molecule has 4 heteroatoms. The molecule has 0 radical (unpaired) electrons. The maximum atomic E-state index is 5.43. The molecule has 3 nitrogen and oxygen atoms in total. The van der Waals surface area contributed by atoms with Gasteiger partial charge in [-0.25, -0.2) is 0 Å². The van der Waals surface area contributed by atoms with Gasteiger partial charge in [-0.05, 0) is 31.5 Å². The predicted octanol–water partition coefficient (Wildman–Crippen LogP) is 3.42. The summed E-state index contributed by atoms with van der Waals surface area (Å²) < 4.78 is 5.43. The third kappa shape index (κ3) is 4.11. The molecular weight excluding hydrogens is 256 g/mol. The minimum Gasteiger partial charge on any atom is -0.495 e. The number of thioether (sulfide) groups is 1. The maximum Gasteiger partial charge on any atom is 0.142 e. The van der Waals surface area contributed by atoms with Gasteiger partial charge in [-0.15, -0.1) is 0 Å². The Labute approximate surface area is 120 Å². The van der Waals surface area contributed by atoms with Crippen LogP contribution in [0.3, 0.4) is 0 Å². The van der Waals surface area contributed by atoms with Crippen LogP contribution in [0, 0.1) is 0 Å². The van der Waals surface area contributed by atoms with E-state index in [4.69, 9.17) is 4.74 Å². The molecule has 1 saturated carbocycles. The third-order valence-corrected chi connectivity index (χ3v) is 5.07. The molecule has 1 aromatic heterocycles. The Morgan fingerprint density at radius 3 is 2.95 bits per heavy atom. The van der Waals surface area contributed by atoms with Gasteiger partial charge in [0.25, 0.3) is 0 Å². The number of hydrogen-bond acceptors (Lipinski definition) is 4. The van der Waals surface area contributed by atoms with Crippen molar-refractivity contribution in [3.8, 4) is 5.75 Å². The molecule has 1 heterocycles. The summed E-state index contributed by atoms with van der Waals surface area (Å²) in [7, 11) is 1.72. The van der Waals surface area contributed by atoms with Crippen LogP contribution in [0.1, 0.15) is 44.3 Å². The van der Waals surface area contributed by atoms with Gasteiger partial charge in [-0.1, -0.05) is 19.8 Å². The monoisotopic (exact) mass is 280 g/mol. The fourth-order valence-corrected chi connectivity index (χ4v) is 4.01. The number of aromatic nitrogens is 1. The van der Waals surface area contributed by atoms with Crippen LogP contribution >= 0.6 is 11.8 Å². The Balaban J connectivity index is 2.01. The molecule has 0 aliphatic heterocycles. The smallest absolute Gasteiger partial charge is 0.142 e. The Kier molecular flexibility index (Phi) is 5.98. The maximum absolute atomic E-state index is 5.43. The molecule has 0 spiro atoms. The molecule has 1 fully saturated rings. The molecule has 0 aromatic carbocycles. The summed E-state index contributed by atoms with van der Waals surface area (Å²) >= 11 is 2.09. The zero-order valence-corrected chi connectivity index (χ0v) is 12.7. The van der Waals surface area contributed by atoms with Gasteiger partial charge in [-0.2, -0.15) is 11.8 Å². The first-order valence-corrected chi connectivity index (χ1v) is 8.24. The molecule has 1 unspecified atom stereocenters. The van der Waals surface area contributed by atoms with Crippen molar-refractivity contribution in [3.05, 3.63) is 24.0 Å². The van der Waals surface area contributed by atoms with Crippen LogP contribution in [-0.4, -0.2) is 29.6 Å². The van der Waals surface area contributed by atoms with E-state index < -0.39 is 0 Å². The molecule has 0 bridgehead atoms. The summed E-state index contributed by atoms with van der Waals surface area (Å²) in [5, 5.41) is 4.38. The summed E-state index contributed by atoms with van der Waals surface area (Å²) in [4.78, 5) is 4.51. The number of hydrogen-bond donors (Lipinski definition) is 1. The molecule has 1 atom stereocenters. The van der Waals surface area contributed by atoms with Crippen molar-refractivity contribution in [2.45, 2.75) is 43.9 Å². The van der Waals surface area contributed by atoms with E-state index >= 15 is 0 Å². The summed E-state index contributed by atoms with van der Waals surface area (Å²) in [6, 6.07) is 4.20. The highest BCUT2D eigenvalue weighted by molar-refractivity contribution is 7.99. The normalized spacial score (nSPS) is 17.6. The van der Waals surface area contributed by atoms with Crippen LogP contribution in [-0.2, 0) is 0 Å². The number of methoxy groups -OCH3 is 1. The van der Waals surface area contributed by atoms with Gasteiger partial charge in [0.15, 0.2) is 0 Å². The quantitative estimate of drug-likeness (QED) is 0.830. The summed E-state index contributed by atoms with van der Waals surface area (Å²) in [6.45, 7) is 3.10. The molecule has 106 valence electrons. The lowest BCUT2D eigenvalue weighted by molar-refractivity contribution is 0.398. The predicted molar refractivity (Wildman–Crippen MR) is 81.9 cm³/mol. The average Bonchev–Trinajstić information content (AvgIpc) is 2.96. The lowest BCUT2D eigenvalue weighted by Gasteiger charge is -2.20. The minimum absolute atomic E-state index is 0.284. The van der Waals surface area contributed by atoms with Crippen LogP contribution < -0.4 is 10.1 Å². The Morgan fingerprint density at radius 2 is 2.26 bits per heavy atom. The van der Waals surface area contributed by atoms with Crippen molar-refractivity contribution in [3.63, 3.8) is 0 Å². The topological polar surface area (TPSA) is 34.2 Å². The highest BCUT2D eigenvalue weighted by Crippen LogP contribution is 2.33. The fraction of sp³-hybridized carbons (Fsp3) is 0.667. The number of nitrogens with one attached hydrogen (secondary N) is 1. The minimum atomic E-state index is 0.284. The number of nitrogens with zero attached hydrogens (tertiary/aromatic N) is 1. The SMILES string of the molecule is CCNC(CSC1CCCC1)c1ncccc1OC. The molecule has 1 aromatic rings. The third-order valence-electron chi connectivity index (χ3n) is 3.60. The Hall–Kier alpha value is -0.740. The lowest BCUT2D eigenvalue weighted by Crippen LogP contribution is -2.25. The highest BCUT2D eigenvalue weighted by Gasteiger charge is 2.21. The molecular formula is C15H24N2OS. The first-order valence-electron chi connectivity index (χ1n) is 7.19. The van der Waals surface area contributed by atoms with Crippen molar-refractivity contribution in [2.75, 3.05) is 19.4 Å². The van der Waals surface area contributed by atoms with Gasteiger partial charge in [0.05, 0.1) is 18.8 Å². The van der Waals surface area contributed by atoms with E-state index in [1.165, 1.54) is 25.7 Å². The highest BCUT2D eigenvalue weighted by atomic mass is 32.2. The standard InChI is InChI=1S/C15H24N2OS/c1-3-16-13(11-19-12-7-4-5-8-12)15-14(18-2)9-6-10-17-15/h6,9-10,12-13,16H,3-5,7-8,11H2,1-2H3. The lowest BCUT2D eigenvalue weighted by atomic mass is 10.2. The fourth-order valence-electron chi connectivity index (χ4n) is 2.61. The van der Waals surface area contributed by atoms with Crippen molar-refractivity contribution in [2.24, 2.45) is 0 Å². The second kappa shape index (κ2) is 7.75. The van der Waals surface area contributed by atoms with Crippen molar-refractivity contribution >= 4 is 11.8 Å². The van der Waals surface area contributed by atoms with E-state index in [1.807, 2.05) is 18.3 Å². The van der Waals surface area contributed by atoms with Gasteiger partial charge in [0.1, 0.15) is 5.75 Å². The van der Waals surface area contributed by atoms with Crippen LogP contribution in [0.15, 0.2) is 18.3 Å². The molecule has 19 heavy (non-hydrogen) atoms. The largest absolute Gasteiger partial charge is 0.495 e. The van der Waals surface area contributed by atoms with E-state index in [0.717, 1.165) is 29.0 Å². The number of ether oxygens (including phenoxy) is 1. The van der Waals surface area contributed by atoms with E-state index in [-0.39, 0.29) is 6.04 Å². The zero-order chi connectivity index (χ0) is 13.5. The first kappa shape index (κ1) is 14.7. The molecule has 0 amide bonds. The second-order valence-electron chi connectivity index (χ2n) is 4.94. The summed E-state index contributed by atoms with van der Waals surface area (Å²) in [6.07, 6.45) is 7.40. The van der Waals surface area contributed by atoms with Gasteiger partial charge < -0.3 is 10.1 Å². The van der Waals surface area contributed by atoms with Crippen LogP contribution in [0.25, 0.3) is 0 Å². The van der Waals surface area contributed by atoms with Gasteiger partial charge in [-0.3, -0.25) is 4.98 Å². The number of rotatable bonds is 7. The first-order chi connectivity index (χ1) is 9.35. The van der Waals surface area contributed by atoms with E-state index in [1.54, 1.807) is 7.11 Å². The van der Waals surface area contributed by atoms with Gasteiger partial charge >= 0.3 is 0 Å². The zero-order valence-electron chi connectivity index (χ0n) is 11.9. The van der Waals surface area contributed by atoms with Crippen LogP contribution in [0.4, 0.5) is 0 Å². The number of pyridine rings is 1. The van der Waals surface area contributed by atoms with E-state index in [9.17, 15) is 0 Å². The van der Waals surface area contributed by atoms with Gasteiger partial charge in [0, 0.05) is 17.2 Å². The van der Waals surface area contributed by atoms with E-state index in [2.05, 4.69) is 29.0 Å². The van der Waals surface area contributed by atoms with Crippen molar-refractivity contribution < 1.29 is 4.74 Å². The molecule has 0 saturated heterocycles. The Morgan fingerprint density at radius 1 is 1.47 bits per heavy atom. The Bertz CT molecular complexity index is 380. The van der Waals surface area contributed by atoms with Gasteiger partial charge in [0.2, 0.25) is 0 Å². The molecule has 1 N–H and O–H groups in total.